The van der Waals surface area contributed by atoms with E-state index in [2.05, 4.69) is 20.4 Å². The van der Waals surface area contributed by atoms with E-state index < -0.39 is 10.0 Å². The number of carbonyl (C=O) groups excluding carboxylic acids is 1. The lowest BCUT2D eigenvalue weighted by Gasteiger charge is -2.09. The van der Waals surface area contributed by atoms with Gasteiger partial charge in [-0.1, -0.05) is 41.6 Å². The van der Waals surface area contributed by atoms with E-state index in [1.807, 2.05) is 47.1 Å². The minimum atomic E-state index is -3.35. The summed E-state index contributed by atoms with van der Waals surface area (Å²) in [6, 6.07) is 22.0. The molecule has 0 aliphatic rings. The second-order valence-corrected chi connectivity index (χ2v) is 8.94. The van der Waals surface area contributed by atoms with Crippen molar-refractivity contribution in [3.05, 3.63) is 89.5 Å². The van der Waals surface area contributed by atoms with Crippen molar-refractivity contribution in [1.82, 2.24) is 20.3 Å². The summed E-state index contributed by atoms with van der Waals surface area (Å²) in [6.07, 6.45) is 1.09. The van der Waals surface area contributed by atoms with Gasteiger partial charge >= 0.3 is 0 Å². The summed E-state index contributed by atoms with van der Waals surface area (Å²) in [5.74, 6) is -0.209. The Bertz CT molecular complexity index is 1330. The number of aromatic nitrogens is 3. The first kappa shape index (κ1) is 20.5. The average molecular weight is 436 g/mol. The molecule has 0 radical (unpaired) electrons. The van der Waals surface area contributed by atoms with Gasteiger partial charge < -0.3 is 5.32 Å². The monoisotopic (exact) mass is 435 g/mol. The zero-order valence-electron chi connectivity index (χ0n) is 16.8. The van der Waals surface area contributed by atoms with E-state index >= 15 is 0 Å². The van der Waals surface area contributed by atoms with Crippen LogP contribution in [0.4, 0.5) is 5.69 Å². The number of nitrogens with one attached hydrogen (secondary N) is 2. The molecule has 0 saturated carbocycles. The lowest BCUT2D eigenvalue weighted by molar-refractivity contribution is 0.0951. The Labute approximate surface area is 180 Å². The standard InChI is InChI=1S/C22H21N5O3S/c1-31(29,30)25-19-6-4-5-17(13-19)14-23-22(28)18-11-9-16(10-12-18)15-27-21-8-3-2-7-20(21)24-26-27/h2-13,25H,14-15H2,1H3,(H,23,28). The number of hydrogen-bond acceptors (Lipinski definition) is 5. The summed E-state index contributed by atoms with van der Waals surface area (Å²) >= 11 is 0. The van der Waals surface area contributed by atoms with Gasteiger partial charge in [-0.25, -0.2) is 13.1 Å². The van der Waals surface area contributed by atoms with Gasteiger partial charge in [0.25, 0.3) is 5.91 Å². The molecule has 0 aliphatic carbocycles. The summed E-state index contributed by atoms with van der Waals surface area (Å²) in [5, 5.41) is 11.2. The van der Waals surface area contributed by atoms with Gasteiger partial charge in [0.15, 0.2) is 0 Å². The molecule has 0 aliphatic heterocycles. The Morgan fingerprint density at radius 2 is 1.74 bits per heavy atom. The minimum absolute atomic E-state index is 0.209. The number of amides is 1. The molecule has 1 amide bonds. The minimum Gasteiger partial charge on any atom is -0.348 e. The topological polar surface area (TPSA) is 106 Å². The van der Waals surface area contributed by atoms with Crippen LogP contribution in [0.15, 0.2) is 72.8 Å². The number of para-hydroxylation sites is 1. The van der Waals surface area contributed by atoms with Gasteiger partial charge in [-0.05, 0) is 47.5 Å². The molecule has 1 aromatic heterocycles. The Balaban J connectivity index is 1.38. The maximum absolute atomic E-state index is 12.5. The maximum Gasteiger partial charge on any atom is 0.251 e. The van der Waals surface area contributed by atoms with E-state index in [0.29, 0.717) is 17.8 Å². The fraction of sp³-hybridized carbons (Fsp3) is 0.136. The van der Waals surface area contributed by atoms with Crippen molar-refractivity contribution in [3.8, 4) is 0 Å². The Hall–Kier alpha value is -3.72. The van der Waals surface area contributed by atoms with Crippen LogP contribution in [-0.2, 0) is 23.1 Å². The van der Waals surface area contributed by atoms with Crippen LogP contribution in [0.3, 0.4) is 0 Å². The Kier molecular flexibility index (Phi) is 5.68. The van der Waals surface area contributed by atoms with Gasteiger partial charge in [0.1, 0.15) is 5.52 Å². The first-order valence-corrected chi connectivity index (χ1v) is 11.5. The Morgan fingerprint density at radius 1 is 0.968 bits per heavy atom. The highest BCUT2D eigenvalue weighted by atomic mass is 32.2. The number of carbonyl (C=O) groups is 1. The maximum atomic E-state index is 12.5. The Morgan fingerprint density at radius 3 is 2.52 bits per heavy atom. The van der Waals surface area contributed by atoms with Gasteiger partial charge in [0.05, 0.1) is 18.3 Å². The van der Waals surface area contributed by atoms with Crippen molar-refractivity contribution in [2.24, 2.45) is 0 Å². The number of fused-ring (bicyclic) bond motifs is 1. The van der Waals surface area contributed by atoms with Crippen LogP contribution in [0.5, 0.6) is 0 Å². The summed E-state index contributed by atoms with van der Waals surface area (Å²) < 4.78 is 27.0. The lowest BCUT2D eigenvalue weighted by Crippen LogP contribution is -2.22. The van der Waals surface area contributed by atoms with Crippen LogP contribution in [0.1, 0.15) is 21.5 Å². The molecule has 0 unspecified atom stereocenters. The number of rotatable bonds is 7. The van der Waals surface area contributed by atoms with Crippen molar-refractivity contribution < 1.29 is 13.2 Å². The number of anilines is 1. The fourth-order valence-electron chi connectivity index (χ4n) is 3.21. The van der Waals surface area contributed by atoms with Crippen molar-refractivity contribution in [3.63, 3.8) is 0 Å². The molecule has 3 aromatic carbocycles. The molecular weight excluding hydrogens is 414 g/mol. The molecule has 4 aromatic rings. The van der Waals surface area contributed by atoms with E-state index in [-0.39, 0.29) is 12.5 Å². The molecular formula is C22H21N5O3S. The molecule has 8 nitrogen and oxygen atoms in total. The third-order valence-electron chi connectivity index (χ3n) is 4.65. The second kappa shape index (κ2) is 8.57. The molecule has 9 heteroatoms. The van der Waals surface area contributed by atoms with E-state index in [1.165, 1.54) is 0 Å². The molecule has 0 bridgehead atoms. The number of benzene rings is 3. The summed E-state index contributed by atoms with van der Waals surface area (Å²) in [7, 11) is -3.35. The zero-order valence-corrected chi connectivity index (χ0v) is 17.6. The summed E-state index contributed by atoms with van der Waals surface area (Å²) in [5.41, 5.74) is 4.59. The summed E-state index contributed by atoms with van der Waals surface area (Å²) in [4.78, 5) is 12.5. The molecule has 0 spiro atoms. The molecule has 0 fully saturated rings. The molecule has 4 rings (SSSR count). The third-order valence-corrected chi connectivity index (χ3v) is 5.26. The van der Waals surface area contributed by atoms with Crippen molar-refractivity contribution in [1.29, 1.82) is 0 Å². The highest BCUT2D eigenvalue weighted by molar-refractivity contribution is 7.92. The van der Waals surface area contributed by atoms with E-state index in [9.17, 15) is 13.2 Å². The predicted molar refractivity (Wildman–Crippen MR) is 119 cm³/mol. The van der Waals surface area contributed by atoms with Gasteiger partial charge in [-0.2, -0.15) is 0 Å². The average Bonchev–Trinajstić information content (AvgIpc) is 3.14. The molecule has 0 atom stereocenters. The van der Waals surface area contributed by atoms with Gasteiger partial charge in [-0.3, -0.25) is 9.52 Å². The van der Waals surface area contributed by atoms with Crippen LogP contribution in [-0.4, -0.2) is 35.6 Å². The van der Waals surface area contributed by atoms with Crippen molar-refractivity contribution in [2.75, 3.05) is 11.0 Å². The SMILES string of the molecule is CS(=O)(=O)Nc1cccc(CNC(=O)c2ccc(Cn3nnc4ccccc43)cc2)c1. The van der Waals surface area contributed by atoms with Crippen LogP contribution in [0, 0.1) is 0 Å². The molecule has 31 heavy (non-hydrogen) atoms. The van der Waals surface area contributed by atoms with Crippen molar-refractivity contribution >= 4 is 32.7 Å². The van der Waals surface area contributed by atoms with Gasteiger partial charge in [0, 0.05) is 17.8 Å². The van der Waals surface area contributed by atoms with Gasteiger partial charge in [0.2, 0.25) is 10.0 Å². The van der Waals surface area contributed by atoms with Crippen LogP contribution >= 0.6 is 0 Å². The fourth-order valence-corrected chi connectivity index (χ4v) is 3.77. The summed E-state index contributed by atoms with van der Waals surface area (Å²) in [6.45, 7) is 0.841. The number of hydrogen-bond donors (Lipinski definition) is 2. The lowest BCUT2D eigenvalue weighted by atomic mass is 10.1. The predicted octanol–water partition coefficient (Wildman–Crippen LogP) is 2.78. The van der Waals surface area contributed by atoms with E-state index in [4.69, 9.17) is 0 Å². The molecule has 158 valence electrons. The molecule has 0 saturated heterocycles. The van der Waals surface area contributed by atoms with E-state index in [1.54, 1.807) is 30.3 Å². The molecule has 2 N–H and O–H groups in total. The van der Waals surface area contributed by atoms with Crippen molar-refractivity contribution in [2.45, 2.75) is 13.1 Å². The first-order valence-electron chi connectivity index (χ1n) is 9.59. The zero-order chi connectivity index (χ0) is 21.8. The normalized spacial score (nSPS) is 11.4. The highest BCUT2D eigenvalue weighted by Gasteiger charge is 2.08. The quantitative estimate of drug-likeness (QED) is 0.464. The van der Waals surface area contributed by atoms with Crippen LogP contribution in [0.2, 0.25) is 0 Å². The number of sulfonamides is 1. The van der Waals surface area contributed by atoms with Gasteiger partial charge in [-0.15, -0.1) is 5.10 Å². The third kappa shape index (κ3) is 5.26. The second-order valence-electron chi connectivity index (χ2n) is 7.19. The highest BCUT2D eigenvalue weighted by Crippen LogP contribution is 2.14. The van der Waals surface area contributed by atoms with Crippen LogP contribution < -0.4 is 10.0 Å². The van der Waals surface area contributed by atoms with Crippen LogP contribution in [0.25, 0.3) is 11.0 Å². The number of nitrogens with zero attached hydrogens (tertiary/aromatic N) is 3. The van der Waals surface area contributed by atoms with E-state index in [0.717, 1.165) is 28.4 Å². The first-order chi connectivity index (χ1) is 14.9. The smallest absolute Gasteiger partial charge is 0.251 e. The largest absolute Gasteiger partial charge is 0.348 e. The molecule has 1 heterocycles.